The molecule has 0 saturated carbocycles. The monoisotopic (exact) mass is 451 g/mol. The second kappa shape index (κ2) is 8.16. The van der Waals surface area contributed by atoms with Gasteiger partial charge in [-0.05, 0) is 38.8 Å². The van der Waals surface area contributed by atoms with Gasteiger partial charge in [-0.25, -0.2) is 14.6 Å². The Morgan fingerprint density at radius 3 is 2.39 bits per heavy atom. The van der Waals surface area contributed by atoms with Gasteiger partial charge in [0.1, 0.15) is 9.88 Å². The lowest BCUT2D eigenvalue weighted by atomic mass is 10.1. The molecule has 1 amide bonds. The molecule has 0 bridgehead atoms. The molecule has 0 unspecified atom stereocenters. The molecule has 3 heterocycles. The molecule has 0 fully saturated rings. The van der Waals surface area contributed by atoms with E-state index < -0.39 is 0 Å². The molecule has 0 aliphatic heterocycles. The number of hydrogen-bond donors (Lipinski definition) is 1. The average molecular weight is 452 g/mol. The van der Waals surface area contributed by atoms with Crippen molar-refractivity contribution in [1.82, 2.24) is 19.7 Å². The summed E-state index contributed by atoms with van der Waals surface area (Å²) >= 11 is 2.64. The summed E-state index contributed by atoms with van der Waals surface area (Å²) < 4.78 is 1.30. The molecule has 1 N–H and O–H groups in total. The lowest BCUT2D eigenvalue weighted by Crippen LogP contribution is -2.23. The van der Waals surface area contributed by atoms with Crippen molar-refractivity contribution in [3.63, 3.8) is 0 Å². The molecular weight excluding hydrogens is 430 g/mol. The van der Waals surface area contributed by atoms with Crippen LogP contribution in [0.3, 0.4) is 0 Å². The van der Waals surface area contributed by atoms with Crippen molar-refractivity contribution in [2.45, 2.75) is 27.7 Å². The predicted molar refractivity (Wildman–Crippen MR) is 125 cm³/mol. The summed E-state index contributed by atoms with van der Waals surface area (Å²) in [6.45, 7) is 7.39. The fourth-order valence-electron chi connectivity index (χ4n) is 3.28. The Bertz CT molecular complexity index is 1350. The quantitative estimate of drug-likeness (QED) is 0.493. The Morgan fingerprint density at radius 2 is 1.68 bits per heavy atom. The van der Waals surface area contributed by atoms with Crippen molar-refractivity contribution in [3.05, 3.63) is 68.2 Å². The van der Waals surface area contributed by atoms with E-state index in [1.54, 1.807) is 14.0 Å². The van der Waals surface area contributed by atoms with E-state index in [1.165, 1.54) is 27.4 Å². The van der Waals surface area contributed by atoms with E-state index in [0.29, 0.717) is 26.3 Å². The van der Waals surface area contributed by atoms with Crippen LogP contribution in [0.15, 0.2) is 35.1 Å². The van der Waals surface area contributed by atoms with E-state index in [1.807, 2.05) is 51.1 Å². The number of thiazole rings is 2. The lowest BCUT2D eigenvalue weighted by Gasteiger charge is -2.07. The summed E-state index contributed by atoms with van der Waals surface area (Å²) in [5.74, 6) is -0.283. The summed E-state index contributed by atoms with van der Waals surface area (Å²) in [6.07, 6.45) is 0. The topological polar surface area (TPSA) is 89.8 Å². The van der Waals surface area contributed by atoms with Crippen LogP contribution in [0.4, 0.5) is 5.13 Å². The van der Waals surface area contributed by atoms with Crippen molar-refractivity contribution >= 4 is 33.7 Å². The standard InChI is InChI=1S/C22H21N5O2S2/c1-11-12(2)26-27(5)21(29)16(11)20-23-14(4)18(30-20)19(28)25-22-24-13(3)17(31-22)15-9-7-6-8-10-15/h6-10H,1-5H3,(H,24,25,28). The van der Waals surface area contributed by atoms with Gasteiger partial charge in [0, 0.05) is 7.05 Å². The van der Waals surface area contributed by atoms with Crippen LogP contribution in [0.25, 0.3) is 21.0 Å². The molecule has 0 atom stereocenters. The number of aromatic nitrogens is 4. The number of amides is 1. The molecule has 7 nitrogen and oxygen atoms in total. The van der Waals surface area contributed by atoms with Crippen LogP contribution in [0.2, 0.25) is 0 Å². The zero-order valence-electron chi connectivity index (χ0n) is 17.8. The Morgan fingerprint density at radius 1 is 0.968 bits per heavy atom. The summed E-state index contributed by atoms with van der Waals surface area (Å²) in [5, 5.41) is 8.15. The summed E-state index contributed by atoms with van der Waals surface area (Å²) in [5.41, 5.74) is 4.28. The summed E-state index contributed by atoms with van der Waals surface area (Å²) in [7, 11) is 1.61. The number of nitrogens with one attached hydrogen (secondary N) is 1. The molecular formula is C22H21N5O2S2. The third-order valence-corrected chi connectivity index (χ3v) is 7.29. The predicted octanol–water partition coefficient (Wildman–Crippen LogP) is 4.51. The second-order valence-electron chi connectivity index (χ2n) is 7.20. The smallest absolute Gasteiger partial charge is 0.277 e. The van der Waals surface area contributed by atoms with Gasteiger partial charge in [0.2, 0.25) is 0 Å². The molecule has 0 saturated heterocycles. The first-order chi connectivity index (χ1) is 14.8. The molecule has 4 aromatic rings. The molecule has 0 aliphatic carbocycles. The van der Waals surface area contributed by atoms with Crippen LogP contribution in [-0.2, 0) is 7.05 Å². The zero-order chi connectivity index (χ0) is 22.3. The van der Waals surface area contributed by atoms with E-state index in [0.717, 1.165) is 27.4 Å². The van der Waals surface area contributed by atoms with E-state index >= 15 is 0 Å². The van der Waals surface area contributed by atoms with Gasteiger partial charge in [-0.15, -0.1) is 11.3 Å². The maximum atomic E-state index is 13.0. The number of nitrogens with zero attached hydrogens (tertiary/aromatic N) is 4. The zero-order valence-corrected chi connectivity index (χ0v) is 19.4. The van der Waals surface area contributed by atoms with Crippen molar-refractivity contribution in [3.8, 4) is 21.0 Å². The van der Waals surface area contributed by atoms with Crippen molar-refractivity contribution in [2.75, 3.05) is 5.32 Å². The van der Waals surface area contributed by atoms with Crippen molar-refractivity contribution in [1.29, 1.82) is 0 Å². The molecule has 0 radical (unpaired) electrons. The van der Waals surface area contributed by atoms with Gasteiger partial charge in [0.25, 0.3) is 11.5 Å². The van der Waals surface area contributed by atoms with Crippen LogP contribution in [0.1, 0.15) is 32.3 Å². The van der Waals surface area contributed by atoms with Gasteiger partial charge < -0.3 is 0 Å². The first kappa shape index (κ1) is 21.1. The molecule has 0 aliphatic rings. The first-order valence-corrected chi connectivity index (χ1v) is 11.3. The van der Waals surface area contributed by atoms with Crippen LogP contribution in [-0.4, -0.2) is 25.7 Å². The molecule has 158 valence electrons. The average Bonchev–Trinajstić information content (AvgIpc) is 3.29. The minimum Gasteiger partial charge on any atom is -0.297 e. The highest BCUT2D eigenvalue weighted by atomic mass is 32.1. The number of benzene rings is 1. The number of carbonyl (C=O) groups excluding carboxylic acids is 1. The largest absolute Gasteiger partial charge is 0.297 e. The molecule has 0 spiro atoms. The van der Waals surface area contributed by atoms with Crippen LogP contribution < -0.4 is 10.9 Å². The van der Waals surface area contributed by atoms with E-state index in [4.69, 9.17) is 0 Å². The maximum absolute atomic E-state index is 13.0. The molecule has 3 aromatic heterocycles. The number of aryl methyl sites for hydroxylation is 4. The van der Waals surface area contributed by atoms with Crippen LogP contribution >= 0.6 is 22.7 Å². The van der Waals surface area contributed by atoms with Gasteiger partial charge in [-0.1, -0.05) is 41.7 Å². The number of hydrogen-bond acceptors (Lipinski definition) is 7. The van der Waals surface area contributed by atoms with Gasteiger partial charge in [0.05, 0.1) is 27.5 Å². The van der Waals surface area contributed by atoms with Gasteiger partial charge in [0.15, 0.2) is 5.13 Å². The van der Waals surface area contributed by atoms with Crippen LogP contribution in [0, 0.1) is 27.7 Å². The highest BCUT2D eigenvalue weighted by Crippen LogP contribution is 2.34. The highest BCUT2D eigenvalue weighted by molar-refractivity contribution is 7.19. The fraction of sp³-hybridized carbons (Fsp3) is 0.227. The molecule has 4 rings (SSSR count). The Kier molecular flexibility index (Phi) is 5.55. The van der Waals surface area contributed by atoms with Crippen molar-refractivity contribution < 1.29 is 4.79 Å². The number of rotatable bonds is 4. The van der Waals surface area contributed by atoms with E-state index in [9.17, 15) is 9.59 Å². The Labute approximate surface area is 187 Å². The van der Waals surface area contributed by atoms with Gasteiger partial charge in [-0.2, -0.15) is 5.10 Å². The molecule has 1 aromatic carbocycles. The number of carbonyl (C=O) groups is 1. The maximum Gasteiger partial charge on any atom is 0.277 e. The highest BCUT2D eigenvalue weighted by Gasteiger charge is 2.22. The van der Waals surface area contributed by atoms with Gasteiger partial charge >= 0.3 is 0 Å². The SMILES string of the molecule is Cc1nc(-c2c(C)c(C)nn(C)c2=O)sc1C(=O)Nc1nc(C)c(-c2ccccc2)s1. The second-order valence-corrected chi connectivity index (χ2v) is 9.20. The van der Waals surface area contributed by atoms with Crippen LogP contribution in [0.5, 0.6) is 0 Å². The normalized spacial score (nSPS) is 11.0. The minimum atomic E-state index is -0.283. The Balaban J connectivity index is 1.65. The van der Waals surface area contributed by atoms with E-state index in [2.05, 4.69) is 20.4 Å². The summed E-state index contributed by atoms with van der Waals surface area (Å²) in [6, 6.07) is 9.95. The third kappa shape index (κ3) is 3.94. The fourth-order valence-corrected chi connectivity index (χ4v) is 5.30. The third-order valence-electron chi connectivity index (χ3n) is 5.00. The molecule has 31 heavy (non-hydrogen) atoms. The first-order valence-electron chi connectivity index (χ1n) is 9.62. The van der Waals surface area contributed by atoms with Crippen molar-refractivity contribution in [2.24, 2.45) is 7.05 Å². The molecule has 9 heteroatoms. The number of anilines is 1. The minimum absolute atomic E-state index is 0.230. The lowest BCUT2D eigenvalue weighted by molar-refractivity contribution is 0.103. The van der Waals surface area contributed by atoms with Gasteiger partial charge in [-0.3, -0.25) is 14.9 Å². The summed E-state index contributed by atoms with van der Waals surface area (Å²) in [4.78, 5) is 36.1. The van der Waals surface area contributed by atoms with E-state index in [-0.39, 0.29) is 11.5 Å². The Hall–Kier alpha value is -3.17.